The van der Waals surface area contributed by atoms with Crippen molar-refractivity contribution in [1.29, 1.82) is 0 Å². The molecule has 0 aliphatic carbocycles. The minimum Gasteiger partial charge on any atom is -0.484 e. The summed E-state index contributed by atoms with van der Waals surface area (Å²) in [5.41, 5.74) is 13.4. The molecule has 0 aliphatic rings. The van der Waals surface area contributed by atoms with Gasteiger partial charge in [0.25, 0.3) is 5.91 Å². The third-order valence-corrected chi connectivity index (χ3v) is 1.72. The number of rotatable bonds is 5. The molecule has 0 bridgehead atoms. The van der Waals surface area contributed by atoms with Crippen LogP contribution in [-0.2, 0) is 4.79 Å². The fourth-order valence-corrected chi connectivity index (χ4v) is 1.06. The van der Waals surface area contributed by atoms with E-state index < -0.39 is 5.91 Å². The average molecular weight is 252 g/mol. The van der Waals surface area contributed by atoms with Gasteiger partial charge in [-0.15, -0.1) is 0 Å². The van der Waals surface area contributed by atoms with Gasteiger partial charge in [0.2, 0.25) is 0 Å². The summed E-state index contributed by atoms with van der Waals surface area (Å²) in [5, 5.41) is 3.87. The highest BCUT2D eigenvalue weighted by molar-refractivity contribution is 7.80. The van der Waals surface area contributed by atoms with E-state index in [1.165, 1.54) is 6.21 Å². The van der Waals surface area contributed by atoms with Gasteiger partial charge in [0.1, 0.15) is 5.75 Å². The van der Waals surface area contributed by atoms with Crippen molar-refractivity contribution in [3.63, 3.8) is 0 Å². The molecule has 0 aromatic heterocycles. The zero-order valence-electron chi connectivity index (χ0n) is 8.92. The van der Waals surface area contributed by atoms with E-state index in [1.54, 1.807) is 18.2 Å². The summed E-state index contributed by atoms with van der Waals surface area (Å²) in [6.45, 7) is -0.161. The van der Waals surface area contributed by atoms with E-state index in [0.717, 1.165) is 5.56 Å². The van der Waals surface area contributed by atoms with Crippen LogP contribution in [0.25, 0.3) is 0 Å². The molecule has 0 radical (unpaired) electrons. The second-order valence-corrected chi connectivity index (χ2v) is 3.50. The van der Waals surface area contributed by atoms with E-state index in [2.05, 4.69) is 22.7 Å². The standard InChI is InChI=1S/C10H12N4O2S/c11-9(15)6-16-8-3-1-2-7(4-8)5-13-14-10(12)17/h1-5H,6H2,(H2,11,15)(H3,12,14,17). The summed E-state index contributed by atoms with van der Waals surface area (Å²) in [4.78, 5) is 10.5. The summed E-state index contributed by atoms with van der Waals surface area (Å²) in [6, 6.07) is 6.98. The second-order valence-electron chi connectivity index (χ2n) is 3.06. The van der Waals surface area contributed by atoms with Crippen molar-refractivity contribution in [1.82, 2.24) is 5.43 Å². The lowest BCUT2D eigenvalue weighted by atomic mass is 10.2. The molecule has 0 heterocycles. The first-order valence-corrected chi connectivity index (χ1v) is 5.08. The fourth-order valence-electron chi connectivity index (χ4n) is 1.01. The molecule has 0 fully saturated rings. The highest BCUT2D eigenvalue weighted by Gasteiger charge is 1.97. The van der Waals surface area contributed by atoms with Crippen LogP contribution < -0.4 is 21.6 Å². The molecular formula is C10H12N4O2S. The Bertz CT molecular complexity index is 448. The molecule has 0 atom stereocenters. The van der Waals surface area contributed by atoms with Gasteiger partial charge in [-0.2, -0.15) is 5.10 Å². The number of ether oxygens (including phenoxy) is 1. The van der Waals surface area contributed by atoms with Crippen LogP contribution in [0.1, 0.15) is 5.56 Å². The van der Waals surface area contributed by atoms with E-state index in [4.69, 9.17) is 16.2 Å². The Balaban J connectivity index is 2.62. The molecule has 1 aromatic carbocycles. The minimum atomic E-state index is -0.529. The lowest BCUT2D eigenvalue weighted by Crippen LogP contribution is -2.24. The van der Waals surface area contributed by atoms with Crippen LogP contribution in [0.2, 0.25) is 0 Å². The van der Waals surface area contributed by atoms with Crippen LogP contribution in [0.5, 0.6) is 5.75 Å². The number of nitrogens with two attached hydrogens (primary N) is 2. The van der Waals surface area contributed by atoms with Crippen LogP contribution in [0, 0.1) is 0 Å². The molecule has 1 amide bonds. The van der Waals surface area contributed by atoms with Gasteiger partial charge >= 0.3 is 0 Å². The molecule has 0 unspecified atom stereocenters. The number of amides is 1. The lowest BCUT2D eigenvalue weighted by molar-refractivity contribution is -0.119. The number of hydrazone groups is 1. The van der Waals surface area contributed by atoms with Gasteiger partial charge in [0.05, 0.1) is 6.21 Å². The number of carbonyl (C=O) groups excluding carboxylic acids is 1. The maximum Gasteiger partial charge on any atom is 0.255 e. The van der Waals surface area contributed by atoms with Crippen LogP contribution in [-0.4, -0.2) is 23.8 Å². The Morgan fingerprint density at radius 1 is 1.53 bits per heavy atom. The third-order valence-electron chi connectivity index (χ3n) is 1.63. The van der Waals surface area contributed by atoms with E-state index in [9.17, 15) is 4.79 Å². The van der Waals surface area contributed by atoms with Crippen LogP contribution in [0.15, 0.2) is 29.4 Å². The van der Waals surface area contributed by atoms with Gasteiger partial charge in [-0.1, -0.05) is 12.1 Å². The van der Waals surface area contributed by atoms with Crippen molar-refractivity contribution < 1.29 is 9.53 Å². The summed E-state index contributed by atoms with van der Waals surface area (Å²) < 4.78 is 5.13. The van der Waals surface area contributed by atoms with E-state index in [0.29, 0.717) is 5.75 Å². The SMILES string of the molecule is NC(=O)COc1cccc(C=NNC(N)=S)c1. The fraction of sp³-hybridized carbons (Fsp3) is 0.100. The van der Waals surface area contributed by atoms with Crippen LogP contribution >= 0.6 is 12.2 Å². The van der Waals surface area contributed by atoms with Gasteiger partial charge in [-0.3, -0.25) is 10.2 Å². The predicted octanol–water partition coefficient (Wildman–Crippen LogP) is -0.282. The summed E-state index contributed by atoms with van der Waals surface area (Å²) >= 11 is 4.58. The van der Waals surface area contributed by atoms with Crippen molar-refractivity contribution in [2.24, 2.45) is 16.6 Å². The van der Waals surface area contributed by atoms with Crippen LogP contribution in [0.4, 0.5) is 0 Å². The first-order valence-electron chi connectivity index (χ1n) is 4.67. The molecule has 90 valence electrons. The second kappa shape index (κ2) is 6.44. The maximum atomic E-state index is 10.5. The number of thiocarbonyl (C=S) groups is 1. The number of nitrogens with one attached hydrogen (secondary N) is 1. The molecule has 0 aliphatic heterocycles. The van der Waals surface area contributed by atoms with Gasteiger partial charge in [0.15, 0.2) is 11.7 Å². The van der Waals surface area contributed by atoms with Crippen molar-refractivity contribution in [3.05, 3.63) is 29.8 Å². The number of benzene rings is 1. The number of nitrogens with zero attached hydrogens (tertiary/aromatic N) is 1. The Hall–Kier alpha value is -2.15. The molecule has 5 N–H and O–H groups in total. The number of hydrogen-bond acceptors (Lipinski definition) is 4. The van der Waals surface area contributed by atoms with Gasteiger partial charge < -0.3 is 16.2 Å². The number of primary amides is 1. The van der Waals surface area contributed by atoms with Gasteiger partial charge in [-0.05, 0) is 29.9 Å². The molecule has 0 spiro atoms. The average Bonchev–Trinajstić information content (AvgIpc) is 2.26. The van der Waals surface area contributed by atoms with Gasteiger partial charge in [0, 0.05) is 0 Å². The molecule has 6 nitrogen and oxygen atoms in total. The quantitative estimate of drug-likeness (QED) is 0.380. The molecule has 7 heteroatoms. The largest absolute Gasteiger partial charge is 0.484 e. The predicted molar refractivity (Wildman–Crippen MR) is 68.6 cm³/mol. The zero-order chi connectivity index (χ0) is 12.7. The first kappa shape index (κ1) is 12.9. The van der Waals surface area contributed by atoms with Crippen molar-refractivity contribution in [2.45, 2.75) is 0 Å². The number of carbonyl (C=O) groups is 1. The van der Waals surface area contributed by atoms with Gasteiger partial charge in [-0.25, -0.2) is 0 Å². The van der Waals surface area contributed by atoms with Crippen molar-refractivity contribution >= 4 is 29.5 Å². The monoisotopic (exact) mass is 252 g/mol. The number of hydrogen-bond donors (Lipinski definition) is 3. The summed E-state index contributed by atoms with van der Waals surface area (Å²) in [5.74, 6) is 0.00212. The maximum absolute atomic E-state index is 10.5. The minimum absolute atomic E-state index is 0.0855. The molecule has 0 saturated carbocycles. The Morgan fingerprint density at radius 2 is 2.29 bits per heavy atom. The first-order chi connectivity index (χ1) is 8.08. The summed E-state index contributed by atoms with van der Waals surface area (Å²) in [7, 11) is 0. The van der Waals surface area contributed by atoms with Crippen LogP contribution in [0.3, 0.4) is 0 Å². The van der Waals surface area contributed by atoms with Crippen molar-refractivity contribution in [3.8, 4) is 5.75 Å². The van der Waals surface area contributed by atoms with E-state index in [1.807, 2.05) is 6.07 Å². The molecule has 1 rings (SSSR count). The molecular weight excluding hydrogens is 240 g/mol. The Kier molecular flexibility index (Phi) is 4.89. The lowest BCUT2D eigenvalue weighted by Gasteiger charge is -2.03. The smallest absolute Gasteiger partial charge is 0.255 e. The van der Waals surface area contributed by atoms with E-state index in [-0.39, 0.29) is 11.7 Å². The zero-order valence-corrected chi connectivity index (χ0v) is 9.74. The third kappa shape index (κ3) is 5.47. The summed E-state index contributed by atoms with van der Waals surface area (Å²) in [6.07, 6.45) is 1.52. The topological polar surface area (TPSA) is 103 Å². The normalized spacial score (nSPS) is 10.1. The molecule has 0 saturated heterocycles. The molecule has 17 heavy (non-hydrogen) atoms. The highest BCUT2D eigenvalue weighted by atomic mass is 32.1. The Morgan fingerprint density at radius 3 is 2.94 bits per heavy atom. The van der Waals surface area contributed by atoms with Crippen molar-refractivity contribution in [2.75, 3.05) is 6.61 Å². The van der Waals surface area contributed by atoms with E-state index >= 15 is 0 Å². The molecule has 1 aromatic rings. The Labute approximate surface area is 104 Å². The highest BCUT2D eigenvalue weighted by Crippen LogP contribution is 2.11.